The average molecular weight is 268 g/mol. The van der Waals surface area contributed by atoms with Crippen molar-refractivity contribution >= 4 is 0 Å². The van der Waals surface area contributed by atoms with Crippen molar-refractivity contribution in [3.8, 4) is 0 Å². The molecule has 2 rings (SSSR count). The van der Waals surface area contributed by atoms with Crippen LogP contribution < -0.4 is 0 Å². The molecule has 0 unspecified atom stereocenters. The Morgan fingerprint density at radius 3 is 2.47 bits per heavy atom. The zero-order chi connectivity index (χ0) is 13.8. The molecule has 0 bridgehead atoms. The normalized spacial score (nSPS) is 35.3. The predicted molar refractivity (Wildman–Crippen MR) is 68.4 cm³/mol. The Morgan fingerprint density at radius 1 is 1.16 bits per heavy atom. The van der Waals surface area contributed by atoms with Crippen molar-refractivity contribution in [1.29, 1.82) is 0 Å². The molecular weight excluding hydrogens is 248 g/mol. The summed E-state index contributed by atoms with van der Waals surface area (Å²) in [6.07, 6.45) is -3.89. The van der Waals surface area contributed by atoms with Crippen molar-refractivity contribution in [3.05, 3.63) is 35.9 Å². The monoisotopic (exact) mass is 268 g/mol. The summed E-state index contributed by atoms with van der Waals surface area (Å²) < 4.78 is 16.1. The van der Waals surface area contributed by atoms with E-state index in [9.17, 15) is 10.2 Å². The SMILES string of the molecule is CO[C@@H]1O[C@H](C)[C@H](OCc2ccccc2)[C@H](O)[C@H]1O. The number of aliphatic hydroxyl groups is 2. The van der Waals surface area contributed by atoms with Crippen LogP contribution in [0.1, 0.15) is 12.5 Å². The first-order valence-electron chi connectivity index (χ1n) is 6.33. The van der Waals surface area contributed by atoms with E-state index in [1.165, 1.54) is 7.11 Å². The van der Waals surface area contributed by atoms with Crippen LogP contribution in [0.4, 0.5) is 0 Å². The molecule has 106 valence electrons. The molecule has 1 aliphatic rings. The van der Waals surface area contributed by atoms with Gasteiger partial charge in [0.05, 0.1) is 12.7 Å². The summed E-state index contributed by atoms with van der Waals surface area (Å²) in [5.41, 5.74) is 1.00. The minimum atomic E-state index is -1.11. The lowest BCUT2D eigenvalue weighted by atomic mass is 9.99. The minimum absolute atomic E-state index is 0.355. The fourth-order valence-corrected chi connectivity index (χ4v) is 2.20. The zero-order valence-corrected chi connectivity index (χ0v) is 11.1. The highest BCUT2D eigenvalue weighted by molar-refractivity contribution is 5.13. The number of ether oxygens (including phenoxy) is 3. The summed E-state index contributed by atoms with van der Waals surface area (Å²) in [5, 5.41) is 19.9. The van der Waals surface area contributed by atoms with Gasteiger partial charge in [0.1, 0.15) is 18.3 Å². The fourth-order valence-electron chi connectivity index (χ4n) is 2.20. The summed E-state index contributed by atoms with van der Waals surface area (Å²) in [7, 11) is 1.43. The van der Waals surface area contributed by atoms with Crippen LogP contribution in [0.25, 0.3) is 0 Å². The zero-order valence-electron chi connectivity index (χ0n) is 11.1. The van der Waals surface area contributed by atoms with Gasteiger partial charge in [0.25, 0.3) is 0 Å². The van der Waals surface area contributed by atoms with Crippen molar-refractivity contribution in [2.24, 2.45) is 0 Å². The maximum atomic E-state index is 10.1. The standard InChI is InChI=1S/C14H20O5/c1-9-13(11(15)12(16)14(17-2)19-9)18-8-10-6-4-3-5-7-10/h3-7,9,11-16H,8H2,1-2H3/t9-,11-,12-,13+,14-/m1/s1. The quantitative estimate of drug-likeness (QED) is 0.840. The summed E-state index contributed by atoms with van der Waals surface area (Å²) in [6.45, 7) is 2.15. The summed E-state index contributed by atoms with van der Waals surface area (Å²) in [5.74, 6) is 0. The molecule has 1 aromatic rings. The van der Waals surface area contributed by atoms with Crippen LogP contribution in [0.3, 0.4) is 0 Å². The Hall–Kier alpha value is -0.980. The van der Waals surface area contributed by atoms with E-state index in [0.717, 1.165) is 5.56 Å². The lowest BCUT2D eigenvalue weighted by Crippen LogP contribution is -2.57. The highest BCUT2D eigenvalue weighted by Crippen LogP contribution is 2.24. The molecule has 19 heavy (non-hydrogen) atoms. The van der Waals surface area contributed by atoms with E-state index < -0.39 is 24.6 Å². The molecule has 0 radical (unpaired) electrons. The van der Waals surface area contributed by atoms with Gasteiger partial charge >= 0.3 is 0 Å². The molecule has 1 fully saturated rings. The van der Waals surface area contributed by atoms with Gasteiger partial charge in [0.15, 0.2) is 6.29 Å². The topological polar surface area (TPSA) is 68.2 Å². The summed E-state index contributed by atoms with van der Waals surface area (Å²) >= 11 is 0. The van der Waals surface area contributed by atoms with Gasteiger partial charge in [-0.25, -0.2) is 0 Å². The molecule has 0 amide bonds. The highest BCUT2D eigenvalue weighted by atomic mass is 16.7. The smallest absolute Gasteiger partial charge is 0.186 e. The van der Waals surface area contributed by atoms with Crippen LogP contribution in [0, 0.1) is 0 Å². The van der Waals surface area contributed by atoms with Crippen molar-refractivity contribution in [1.82, 2.24) is 0 Å². The van der Waals surface area contributed by atoms with Crippen molar-refractivity contribution in [2.45, 2.75) is 44.2 Å². The first-order valence-corrected chi connectivity index (χ1v) is 6.33. The second-order valence-corrected chi connectivity index (χ2v) is 4.69. The van der Waals surface area contributed by atoms with Gasteiger partial charge in [-0.1, -0.05) is 30.3 Å². The second kappa shape index (κ2) is 6.45. The lowest BCUT2D eigenvalue weighted by Gasteiger charge is -2.40. The minimum Gasteiger partial charge on any atom is -0.387 e. The number of hydrogen-bond donors (Lipinski definition) is 2. The van der Waals surface area contributed by atoms with Crippen LogP contribution >= 0.6 is 0 Å². The fraction of sp³-hybridized carbons (Fsp3) is 0.571. The Kier molecular flexibility index (Phi) is 4.90. The molecule has 1 saturated heterocycles. The van der Waals surface area contributed by atoms with Crippen molar-refractivity contribution in [2.75, 3.05) is 7.11 Å². The van der Waals surface area contributed by atoms with Crippen LogP contribution in [0.5, 0.6) is 0 Å². The first kappa shape index (κ1) is 14.4. The van der Waals surface area contributed by atoms with Crippen molar-refractivity contribution in [3.63, 3.8) is 0 Å². The Labute approximate surface area is 112 Å². The molecule has 0 spiro atoms. The number of methoxy groups -OCH3 is 1. The van der Waals surface area contributed by atoms with E-state index in [1.807, 2.05) is 30.3 Å². The van der Waals surface area contributed by atoms with E-state index in [0.29, 0.717) is 6.61 Å². The van der Waals surface area contributed by atoms with Gasteiger partial charge in [0, 0.05) is 7.11 Å². The molecule has 1 aromatic carbocycles. The van der Waals surface area contributed by atoms with E-state index in [2.05, 4.69) is 0 Å². The number of aliphatic hydroxyl groups excluding tert-OH is 2. The first-order chi connectivity index (χ1) is 9.13. The number of benzene rings is 1. The third-order valence-corrected chi connectivity index (χ3v) is 3.29. The largest absolute Gasteiger partial charge is 0.387 e. The van der Waals surface area contributed by atoms with Gasteiger partial charge < -0.3 is 24.4 Å². The van der Waals surface area contributed by atoms with Crippen molar-refractivity contribution < 1.29 is 24.4 Å². The third kappa shape index (κ3) is 3.32. The van der Waals surface area contributed by atoms with Crippen LogP contribution in [-0.2, 0) is 20.8 Å². The molecule has 1 aliphatic heterocycles. The number of rotatable bonds is 4. The molecule has 5 atom stereocenters. The van der Waals surface area contributed by atoms with E-state index in [4.69, 9.17) is 14.2 Å². The molecule has 0 saturated carbocycles. The highest BCUT2D eigenvalue weighted by Gasteiger charge is 2.43. The Morgan fingerprint density at radius 2 is 1.84 bits per heavy atom. The Bertz CT molecular complexity index is 383. The molecule has 1 heterocycles. The average Bonchev–Trinajstić information content (AvgIpc) is 2.44. The Balaban J connectivity index is 1.96. The molecule has 5 nitrogen and oxygen atoms in total. The van der Waals surface area contributed by atoms with Gasteiger partial charge in [0.2, 0.25) is 0 Å². The van der Waals surface area contributed by atoms with E-state index >= 15 is 0 Å². The molecular formula is C14H20O5. The molecule has 0 aliphatic carbocycles. The second-order valence-electron chi connectivity index (χ2n) is 4.69. The van der Waals surface area contributed by atoms with Gasteiger partial charge in [-0.2, -0.15) is 0 Å². The third-order valence-electron chi connectivity index (χ3n) is 3.29. The molecule has 0 aromatic heterocycles. The summed E-state index contributed by atoms with van der Waals surface area (Å²) in [4.78, 5) is 0. The van der Waals surface area contributed by atoms with E-state index in [1.54, 1.807) is 6.92 Å². The van der Waals surface area contributed by atoms with Gasteiger partial charge in [-0.3, -0.25) is 0 Å². The maximum Gasteiger partial charge on any atom is 0.186 e. The number of hydrogen-bond acceptors (Lipinski definition) is 5. The van der Waals surface area contributed by atoms with E-state index in [-0.39, 0.29) is 6.10 Å². The maximum absolute atomic E-state index is 10.1. The predicted octanol–water partition coefficient (Wildman–Crippen LogP) is 0.685. The summed E-state index contributed by atoms with van der Waals surface area (Å²) in [6, 6.07) is 9.65. The van der Waals surface area contributed by atoms with Gasteiger partial charge in [-0.05, 0) is 12.5 Å². The van der Waals surface area contributed by atoms with Gasteiger partial charge in [-0.15, -0.1) is 0 Å². The molecule has 2 N–H and O–H groups in total. The molecule has 5 heteroatoms. The van der Waals surface area contributed by atoms with Crippen LogP contribution in [-0.4, -0.2) is 48.0 Å². The lowest BCUT2D eigenvalue weighted by molar-refractivity contribution is -0.294. The van der Waals surface area contributed by atoms with Crippen LogP contribution in [0.2, 0.25) is 0 Å². The van der Waals surface area contributed by atoms with Crippen LogP contribution in [0.15, 0.2) is 30.3 Å².